The second kappa shape index (κ2) is 6.84. The van der Waals surface area contributed by atoms with E-state index in [1.54, 1.807) is 29.2 Å². The molecule has 1 aromatic rings. The molecule has 2 amide bonds. The van der Waals surface area contributed by atoms with Gasteiger partial charge in [0, 0.05) is 6.54 Å². The summed E-state index contributed by atoms with van der Waals surface area (Å²) in [7, 11) is 0. The monoisotopic (exact) mass is 374 g/mol. The molecule has 0 aliphatic carbocycles. The van der Waals surface area contributed by atoms with E-state index in [1.807, 2.05) is 0 Å². The lowest BCUT2D eigenvalue weighted by Crippen LogP contribution is -2.60. The van der Waals surface area contributed by atoms with Crippen molar-refractivity contribution in [3.63, 3.8) is 0 Å². The molecule has 2 N–H and O–H groups in total. The van der Waals surface area contributed by atoms with Crippen LogP contribution in [0.3, 0.4) is 0 Å². The average Bonchev–Trinajstić information content (AvgIpc) is 3.30. The molecule has 0 aromatic heterocycles. The molecule has 144 valence electrons. The Kier molecular flexibility index (Phi) is 4.51. The minimum absolute atomic E-state index is 0.121. The van der Waals surface area contributed by atoms with Crippen molar-refractivity contribution in [2.24, 2.45) is 5.92 Å². The lowest BCUT2D eigenvalue weighted by Gasteiger charge is -2.41. The lowest BCUT2D eigenvalue weighted by atomic mass is 9.93. The second-order valence-corrected chi connectivity index (χ2v) is 7.22. The first-order valence-electron chi connectivity index (χ1n) is 9.22. The first kappa shape index (κ1) is 17.8. The van der Waals surface area contributed by atoms with Crippen LogP contribution in [0.5, 0.6) is 5.75 Å². The summed E-state index contributed by atoms with van der Waals surface area (Å²) in [4.78, 5) is 41.0. The number of piperazine rings is 1. The summed E-state index contributed by atoms with van der Waals surface area (Å²) in [5.74, 6) is -1.67. The van der Waals surface area contributed by atoms with E-state index in [0.29, 0.717) is 24.3 Å². The summed E-state index contributed by atoms with van der Waals surface area (Å²) in [6.07, 6.45) is 1.54. The smallest absolute Gasteiger partial charge is 0.309 e. The molecule has 0 bridgehead atoms. The van der Waals surface area contributed by atoms with E-state index >= 15 is 0 Å². The van der Waals surface area contributed by atoms with Gasteiger partial charge in [-0.15, -0.1) is 0 Å². The number of aliphatic hydroxyl groups excluding tert-OH is 1. The van der Waals surface area contributed by atoms with E-state index in [2.05, 4.69) is 0 Å². The Hall–Kier alpha value is -2.61. The van der Waals surface area contributed by atoms with E-state index in [0.717, 1.165) is 6.42 Å². The van der Waals surface area contributed by atoms with Crippen molar-refractivity contribution in [1.82, 2.24) is 9.80 Å². The van der Waals surface area contributed by atoms with Crippen molar-refractivity contribution < 1.29 is 29.3 Å². The van der Waals surface area contributed by atoms with Crippen LogP contribution in [-0.4, -0.2) is 69.6 Å². The topological polar surface area (TPSA) is 107 Å². The Balaban J connectivity index is 1.72. The molecule has 3 heterocycles. The minimum atomic E-state index is -1.02. The van der Waals surface area contributed by atoms with Gasteiger partial charge in [-0.3, -0.25) is 14.4 Å². The van der Waals surface area contributed by atoms with Crippen molar-refractivity contribution in [2.45, 2.75) is 37.4 Å². The summed E-state index contributed by atoms with van der Waals surface area (Å²) in [6, 6.07) is 4.99. The van der Waals surface area contributed by atoms with Gasteiger partial charge in [0.15, 0.2) is 0 Å². The van der Waals surface area contributed by atoms with Gasteiger partial charge in [-0.2, -0.15) is 0 Å². The fraction of sp³-hybridized carbons (Fsp3) is 0.526. The van der Waals surface area contributed by atoms with Crippen LogP contribution in [0.1, 0.15) is 30.9 Å². The summed E-state index contributed by atoms with van der Waals surface area (Å²) in [5.41, 5.74) is 0.632. The van der Waals surface area contributed by atoms with E-state index in [4.69, 9.17) is 9.84 Å². The van der Waals surface area contributed by atoms with Gasteiger partial charge in [0.05, 0.1) is 18.6 Å². The number of hydrogen-bond acceptors (Lipinski definition) is 5. The van der Waals surface area contributed by atoms with Gasteiger partial charge in [-0.25, -0.2) is 0 Å². The maximum absolute atomic E-state index is 13.1. The fourth-order valence-corrected chi connectivity index (χ4v) is 4.61. The van der Waals surface area contributed by atoms with E-state index in [1.165, 1.54) is 4.90 Å². The molecule has 0 unspecified atom stereocenters. The zero-order chi connectivity index (χ0) is 19.1. The molecule has 4 rings (SSSR count). The predicted octanol–water partition coefficient (Wildman–Crippen LogP) is 0.405. The second-order valence-electron chi connectivity index (χ2n) is 7.22. The van der Waals surface area contributed by atoms with Gasteiger partial charge in [-0.05, 0) is 37.0 Å². The van der Waals surface area contributed by atoms with Crippen molar-refractivity contribution >= 4 is 17.8 Å². The number of benzene rings is 1. The third-order valence-corrected chi connectivity index (χ3v) is 5.73. The Morgan fingerprint density at radius 1 is 1.22 bits per heavy atom. The summed E-state index contributed by atoms with van der Waals surface area (Å²) in [5, 5.41) is 18.7. The number of carbonyl (C=O) groups excluding carboxylic acids is 2. The van der Waals surface area contributed by atoms with Crippen LogP contribution in [0, 0.1) is 5.92 Å². The fourth-order valence-electron chi connectivity index (χ4n) is 4.61. The predicted molar refractivity (Wildman–Crippen MR) is 92.9 cm³/mol. The highest BCUT2D eigenvalue weighted by atomic mass is 16.5. The number of aliphatic hydroxyl groups is 1. The third-order valence-electron chi connectivity index (χ3n) is 5.73. The highest BCUT2D eigenvalue weighted by Gasteiger charge is 2.57. The SMILES string of the molecule is O=C(O)[C@H]1C[C@H]2C(=O)N3CCC[C@H]3C(=O)N2[C@H]1c1cccc(OCCO)c1. The van der Waals surface area contributed by atoms with E-state index in [-0.39, 0.29) is 31.4 Å². The molecular weight excluding hydrogens is 352 g/mol. The molecule has 0 saturated carbocycles. The number of fused-ring (bicyclic) bond motifs is 2. The maximum atomic E-state index is 13.1. The summed E-state index contributed by atoms with van der Waals surface area (Å²) in [6.45, 7) is 0.549. The molecular formula is C19H22N2O6. The molecule has 8 heteroatoms. The van der Waals surface area contributed by atoms with Gasteiger partial charge >= 0.3 is 5.97 Å². The van der Waals surface area contributed by atoms with Crippen molar-refractivity contribution in [3.05, 3.63) is 29.8 Å². The van der Waals surface area contributed by atoms with Gasteiger partial charge in [-0.1, -0.05) is 12.1 Å². The Morgan fingerprint density at radius 2 is 2.04 bits per heavy atom. The number of nitrogens with zero attached hydrogens (tertiary/aromatic N) is 2. The molecule has 4 atom stereocenters. The Morgan fingerprint density at radius 3 is 2.78 bits per heavy atom. The molecule has 1 aromatic carbocycles. The molecule has 0 radical (unpaired) electrons. The van der Waals surface area contributed by atoms with Gasteiger partial charge in [0.25, 0.3) is 0 Å². The first-order valence-corrected chi connectivity index (χ1v) is 9.22. The summed E-state index contributed by atoms with van der Waals surface area (Å²) < 4.78 is 5.43. The highest BCUT2D eigenvalue weighted by molar-refractivity contribution is 5.99. The number of carboxylic acid groups (broad SMARTS) is 1. The van der Waals surface area contributed by atoms with Crippen LogP contribution < -0.4 is 4.74 Å². The Bertz CT molecular complexity index is 781. The number of hydrogen-bond donors (Lipinski definition) is 2. The maximum Gasteiger partial charge on any atom is 0.309 e. The van der Waals surface area contributed by atoms with Crippen molar-refractivity contribution in [2.75, 3.05) is 19.8 Å². The zero-order valence-corrected chi connectivity index (χ0v) is 14.8. The minimum Gasteiger partial charge on any atom is -0.491 e. The average molecular weight is 374 g/mol. The number of aliphatic carboxylic acids is 1. The van der Waals surface area contributed by atoms with Crippen LogP contribution in [0.25, 0.3) is 0 Å². The van der Waals surface area contributed by atoms with Crippen molar-refractivity contribution in [1.29, 1.82) is 0 Å². The Labute approximate surface area is 156 Å². The zero-order valence-electron chi connectivity index (χ0n) is 14.8. The van der Waals surface area contributed by atoms with E-state index < -0.39 is 30.0 Å². The standard InChI is InChI=1S/C19H22N2O6/c22-7-8-27-12-4-1-3-11(9-12)16-13(19(25)26)10-15-17(23)20-6-2-5-14(20)18(24)21(15)16/h1,3-4,9,13-16,22H,2,5-8,10H2,(H,25,26)/t13-,14-,15-,16-/m0/s1. The quantitative estimate of drug-likeness (QED) is 0.773. The summed E-state index contributed by atoms with van der Waals surface area (Å²) >= 11 is 0. The van der Waals surface area contributed by atoms with Crippen molar-refractivity contribution in [3.8, 4) is 5.75 Å². The number of carboxylic acids is 1. The molecule has 8 nitrogen and oxygen atoms in total. The third kappa shape index (κ3) is 2.84. The molecule has 3 aliphatic rings. The molecule has 3 aliphatic heterocycles. The van der Waals surface area contributed by atoms with E-state index in [9.17, 15) is 19.5 Å². The van der Waals surface area contributed by atoms with Crippen LogP contribution in [0.15, 0.2) is 24.3 Å². The van der Waals surface area contributed by atoms with Crippen LogP contribution in [-0.2, 0) is 14.4 Å². The first-order chi connectivity index (χ1) is 13.0. The molecule has 3 fully saturated rings. The number of amides is 2. The molecule has 0 spiro atoms. The number of ether oxygens (including phenoxy) is 1. The van der Waals surface area contributed by atoms with Crippen LogP contribution in [0.4, 0.5) is 0 Å². The molecule has 27 heavy (non-hydrogen) atoms. The highest BCUT2D eigenvalue weighted by Crippen LogP contribution is 2.46. The number of carbonyl (C=O) groups is 3. The molecule has 3 saturated heterocycles. The van der Waals surface area contributed by atoms with Gasteiger partial charge in [0.2, 0.25) is 11.8 Å². The van der Waals surface area contributed by atoms with Crippen LogP contribution >= 0.6 is 0 Å². The van der Waals surface area contributed by atoms with Gasteiger partial charge < -0.3 is 24.7 Å². The van der Waals surface area contributed by atoms with Crippen LogP contribution in [0.2, 0.25) is 0 Å². The lowest BCUT2D eigenvalue weighted by molar-refractivity contribution is -0.159. The van der Waals surface area contributed by atoms with Gasteiger partial charge in [0.1, 0.15) is 24.4 Å². The number of rotatable bonds is 5. The largest absolute Gasteiger partial charge is 0.491 e. The normalized spacial score (nSPS) is 29.7.